The Morgan fingerprint density at radius 1 is 0.815 bits per heavy atom. The summed E-state index contributed by atoms with van der Waals surface area (Å²) in [6, 6.07) is 20.1. The fourth-order valence-corrected chi connectivity index (χ4v) is 3.43. The molecule has 0 atom stereocenters. The third kappa shape index (κ3) is 3.66. The first-order valence-corrected chi connectivity index (χ1v) is 8.75. The van der Waals surface area contributed by atoms with Crippen LogP contribution in [-0.2, 0) is 6.42 Å². The number of methoxy groups -OCH3 is 2. The zero-order chi connectivity index (χ0) is 18.1. The van der Waals surface area contributed by atoms with Gasteiger partial charge in [0.1, 0.15) is 0 Å². The summed E-state index contributed by atoms with van der Waals surface area (Å²) < 4.78 is 11.0. The Kier molecular flexibility index (Phi) is 5.73. The molecular weight excluding hydrogens is 381 g/mol. The van der Waals surface area contributed by atoms with Gasteiger partial charge in [-0.1, -0.05) is 41.9 Å². The number of benzene rings is 3. The maximum absolute atomic E-state index is 6.04. The van der Waals surface area contributed by atoms with Crippen molar-refractivity contribution in [2.75, 3.05) is 14.2 Å². The molecule has 3 aromatic carbocycles. The molecule has 4 rings (SSSR count). The van der Waals surface area contributed by atoms with Gasteiger partial charge in [0, 0.05) is 21.9 Å². The smallest absolute Gasteiger partial charge is 0.162 e. The third-order valence-electron chi connectivity index (χ3n) is 4.59. The molecule has 0 amide bonds. The third-order valence-corrected chi connectivity index (χ3v) is 4.84. The van der Waals surface area contributed by atoms with Gasteiger partial charge in [0.15, 0.2) is 11.5 Å². The van der Waals surface area contributed by atoms with Gasteiger partial charge < -0.3 is 9.47 Å². The second-order valence-corrected chi connectivity index (χ2v) is 6.57. The highest BCUT2D eigenvalue weighted by atomic mass is 35.5. The van der Waals surface area contributed by atoms with Crippen molar-refractivity contribution in [2.24, 2.45) is 0 Å². The molecule has 138 valence electrons. The first-order chi connectivity index (χ1) is 12.7. The SMILES string of the molecule is COc1cc2nc3ccccc3c(Cc3ccc(Cl)cc3)c2cc1OC.Cl. The summed E-state index contributed by atoms with van der Waals surface area (Å²) >= 11 is 6.04. The predicted molar refractivity (Wildman–Crippen MR) is 114 cm³/mol. The number of rotatable bonds is 4. The monoisotopic (exact) mass is 399 g/mol. The molecule has 0 aliphatic heterocycles. The van der Waals surface area contributed by atoms with Gasteiger partial charge in [-0.3, -0.25) is 0 Å². The Labute approximate surface area is 169 Å². The number of hydrogen-bond acceptors (Lipinski definition) is 3. The first kappa shape index (κ1) is 19.3. The molecule has 27 heavy (non-hydrogen) atoms. The molecule has 0 spiro atoms. The van der Waals surface area contributed by atoms with Crippen LogP contribution in [0.15, 0.2) is 60.7 Å². The maximum Gasteiger partial charge on any atom is 0.162 e. The normalized spacial score (nSPS) is 10.6. The highest BCUT2D eigenvalue weighted by molar-refractivity contribution is 6.30. The first-order valence-electron chi connectivity index (χ1n) is 8.37. The van der Waals surface area contributed by atoms with Gasteiger partial charge in [-0.25, -0.2) is 4.98 Å². The minimum Gasteiger partial charge on any atom is -0.493 e. The average molecular weight is 400 g/mol. The molecule has 1 aromatic heterocycles. The van der Waals surface area contributed by atoms with Crippen LogP contribution in [0.2, 0.25) is 5.02 Å². The van der Waals surface area contributed by atoms with Crippen molar-refractivity contribution in [3.05, 3.63) is 76.8 Å². The van der Waals surface area contributed by atoms with E-state index in [1.54, 1.807) is 14.2 Å². The molecule has 1 heterocycles. The van der Waals surface area contributed by atoms with Gasteiger partial charge in [0.25, 0.3) is 0 Å². The van der Waals surface area contributed by atoms with E-state index in [0.29, 0.717) is 11.5 Å². The van der Waals surface area contributed by atoms with Crippen LogP contribution in [0.3, 0.4) is 0 Å². The Balaban J connectivity index is 0.00000210. The number of halogens is 2. The lowest BCUT2D eigenvalue weighted by atomic mass is 9.96. The van der Waals surface area contributed by atoms with Crippen molar-refractivity contribution in [1.29, 1.82) is 0 Å². The number of aromatic nitrogens is 1. The van der Waals surface area contributed by atoms with Gasteiger partial charge >= 0.3 is 0 Å². The fourth-order valence-electron chi connectivity index (χ4n) is 3.30. The van der Waals surface area contributed by atoms with Crippen molar-refractivity contribution in [1.82, 2.24) is 4.98 Å². The molecule has 0 aliphatic carbocycles. The summed E-state index contributed by atoms with van der Waals surface area (Å²) in [5, 5.41) is 2.95. The van der Waals surface area contributed by atoms with Crippen LogP contribution in [-0.4, -0.2) is 19.2 Å². The van der Waals surface area contributed by atoms with Gasteiger partial charge in [-0.15, -0.1) is 12.4 Å². The largest absolute Gasteiger partial charge is 0.493 e. The molecule has 0 saturated carbocycles. The molecule has 0 bridgehead atoms. The lowest BCUT2D eigenvalue weighted by Gasteiger charge is -2.14. The Hall–Kier alpha value is -2.49. The quantitative estimate of drug-likeness (QED) is 0.390. The summed E-state index contributed by atoms with van der Waals surface area (Å²) in [5.41, 5.74) is 4.28. The number of para-hydroxylation sites is 1. The van der Waals surface area contributed by atoms with E-state index in [4.69, 9.17) is 26.1 Å². The zero-order valence-corrected chi connectivity index (χ0v) is 16.6. The van der Waals surface area contributed by atoms with Crippen LogP contribution in [0, 0.1) is 0 Å². The van der Waals surface area contributed by atoms with Crippen LogP contribution in [0.25, 0.3) is 21.8 Å². The topological polar surface area (TPSA) is 31.4 Å². The van der Waals surface area contributed by atoms with Gasteiger partial charge in [-0.2, -0.15) is 0 Å². The lowest BCUT2D eigenvalue weighted by molar-refractivity contribution is 0.356. The van der Waals surface area contributed by atoms with E-state index in [9.17, 15) is 0 Å². The summed E-state index contributed by atoms with van der Waals surface area (Å²) in [6.07, 6.45) is 0.784. The van der Waals surface area contributed by atoms with Crippen molar-refractivity contribution in [2.45, 2.75) is 6.42 Å². The standard InChI is InChI=1S/C22H18ClNO2.ClH/c1-25-21-12-18-17(11-14-7-9-15(23)10-8-14)16-5-3-4-6-19(16)24-20(18)13-22(21)26-2;/h3-10,12-13H,11H2,1-2H3;1H. The van der Waals surface area contributed by atoms with E-state index < -0.39 is 0 Å². The van der Waals surface area contributed by atoms with E-state index in [0.717, 1.165) is 33.2 Å². The number of nitrogens with zero attached hydrogens (tertiary/aromatic N) is 1. The molecule has 3 nitrogen and oxygen atoms in total. The second-order valence-electron chi connectivity index (χ2n) is 6.14. The molecular formula is C22H19Cl2NO2. The Morgan fingerprint density at radius 3 is 2.19 bits per heavy atom. The predicted octanol–water partition coefficient (Wildman–Crippen LogP) is 6.07. The summed E-state index contributed by atoms with van der Waals surface area (Å²) in [5.74, 6) is 1.38. The van der Waals surface area contributed by atoms with E-state index in [1.165, 1.54) is 11.1 Å². The number of ether oxygens (including phenoxy) is 2. The molecule has 0 saturated heterocycles. The van der Waals surface area contributed by atoms with Crippen LogP contribution in [0.1, 0.15) is 11.1 Å². The number of pyridine rings is 1. The van der Waals surface area contributed by atoms with Gasteiger partial charge in [0.2, 0.25) is 0 Å². The highest BCUT2D eigenvalue weighted by Gasteiger charge is 2.14. The molecule has 0 aliphatic rings. The van der Waals surface area contributed by atoms with Crippen LogP contribution < -0.4 is 9.47 Å². The van der Waals surface area contributed by atoms with Crippen molar-refractivity contribution in [3.63, 3.8) is 0 Å². The summed E-state index contributed by atoms with van der Waals surface area (Å²) in [7, 11) is 3.29. The van der Waals surface area contributed by atoms with Crippen LogP contribution >= 0.6 is 24.0 Å². The highest BCUT2D eigenvalue weighted by Crippen LogP contribution is 2.36. The Morgan fingerprint density at radius 2 is 1.48 bits per heavy atom. The zero-order valence-electron chi connectivity index (χ0n) is 15.0. The Bertz CT molecular complexity index is 1090. The fraction of sp³-hybridized carbons (Fsp3) is 0.136. The molecule has 0 fully saturated rings. The second kappa shape index (κ2) is 8.03. The van der Waals surface area contributed by atoms with Gasteiger partial charge in [0.05, 0.1) is 25.3 Å². The van der Waals surface area contributed by atoms with Crippen molar-refractivity contribution < 1.29 is 9.47 Å². The van der Waals surface area contributed by atoms with Crippen LogP contribution in [0.5, 0.6) is 11.5 Å². The summed E-state index contributed by atoms with van der Waals surface area (Å²) in [6.45, 7) is 0. The van der Waals surface area contributed by atoms with Crippen molar-refractivity contribution in [3.8, 4) is 11.5 Å². The minimum absolute atomic E-state index is 0. The molecule has 0 N–H and O–H groups in total. The number of hydrogen-bond donors (Lipinski definition) is 0. The van der Waals surface area contributed by atoms with E-state index in [2.05, 4.69) is 18.2 Å². The van der Waals surface area contributed by atoms with E-state index in [1.807, 2.05) is 42.5 Å². The average Bonchev–Trinajstić information content (AvgIpc) is 2.68. The number of fused-ring (bicyclic) bond motifs is 2. The van der Waals surface area contributed by atoms with Crippen LogP contribution in [0.4, 0.5) is 0 Å². The maximum atomic E-state index is 6.04. The molecule has 0 unspecified atom stereocenters. The molecule has 4 aromatic rings. The van der Waals surface area contributed by atoms with E-state index >= 15 is 0 Å². The summed E-state index contributed by atoms with van der Waals surface area (Å²) in [4.78, 5) is 4.82. The molecule has 5 heteroatoms. The van der Waals surface area contributed by atoms with Gasteiger partial charge in [-0.05, 0) is 41.8 Å². The van der Waals surface area contributed by atoms with E-state index in [-0.39, 0.29) is 12.4 Å². The lowest BCUT2D eigenvalue weighted by Crippen LogP contribution is -1.97. The molecule has 0 radical (unpaired) electrons. The minimum atomic E-state index is 0. The van der Waals surface area contributed by atoms with Crippen molar-refractivity contribution >= 4 is 45.8 Å².